The van der Waals surface area contributed by atoms with Crippen molar-refractivity contribution in [3.63, 3.8) is 0 Å². The summed E-state index contributed by atoms with van der Waals surface area (Å²) in [7, 11) is 3.43. The number of halogens is 2. The zero-order chi connectivity index (χ0) is 20.4. The van der Waals surface area contributed by atoms with E-state index < -0.39 is 0 Å². The fourth-order valence-electron chi connectivity index (χ4n) is 2.25. The number of nitrogens with one attached hydrogen (secondary N) is 2. The molecule has 0 aliphatic heterocycles. The van der Waals surface area contributed by atoms with Crippen molar-refractivity contribution in [1.29, 1.82) is 0 Å². The van der Waals surface area contributed by atoms with Crippen molar-refractivity contribution in [3.8, 4) is 5.75 Å². The summed E-state index contributed by atoms with van der Waals surface area (Å²) in [6.45, 7) is 3.31. The first-order valence-corrected chi connectivity index (χ1v) is 10.4. The second kappa shape index (κ2) is 13.7. The number of para-hydroxylation sites is 1. The van der Waals surface area contributed by atoms with Crippen LogP contribution in [0.1, 0.15) is 18.2 Å². The molecule has 1 unspecified atom stereocenters. The standard InChI is InChI=1S/C20H27ClN4O2S.HI/c1-4-15(27-18-10-6-5-9-17(18)21)12-22-20(24-14-19(26)25(2)3)23-13-16-8-7-11-28-16;/h5-11,15H,4,12-14H2,1-3H3,(H2,22,23,24);1H. The molecule has 0 aliphatic carbocycles. The molecule has 0 bridgehead atoms. The maximum absolute atomic E-state index is 11.9. The molecular weight excluding hydrogens is 523 g/mol. The predicted octanol–water partition coefficient (Wildman–Crippen LogP) is 4.00. The second-order valence-corrected chi connectivity index (χ2v) is 7.78. The molecule has 1 heterocycles. The zero-order valence-electron chi connectivity index (χ0n) is 16.9. The van der Waals surface area contributed by atoms with Crippen LogP contribution in [0.25, 0.3) is 0 Å². The molecule has 29 heavy (non-hydrogen) atoms. The molecule has 6 nitrogen and oxygen atoms in total. The molecule has 0 aliphatic rings. The van der Waals surface area contributed by atoms with Crippen LogP contribution in [-0.2, 0) is 11.3 Å². The Morgan fingerprint density at radius 3 is 2.62 bits per heavy atom. The molecule has 0 saturated carbocycles. The summed E-state index contributed by atoms with van der Waals surface area (Å²) < 4.78 is 6.01. The number of aliphatic imine (C=N–C) groups is 1. The van der Waals surface area contributed by atoms with Crippen molar-refractivity contribution < 1.29 is 9.53 Å². The number of hydrogen-bond acceptors (Lipinski definition) is 4. The van der Waals surface area contributed by atoms with Crippen LogP contribution in [0, 0.1) is 0 Å². The first-order valence-electron chi connectivity index (χ1n) is 9.15. The first-order chi connectivity index (χ1) is 13.5. The summed E-state index contributed by atoms with van der Waals surface area (Å²) in [5.41, 5.74) is 0. The molecule has 1 amide bonds. The van der Waals surface area contributed by atoms with Gasteiger partial charge < -0.3 is 20.3 Å². The van der Waals surface area contributed by atoms with E-state index in [-0.39, 0.29) is 42.5 Å². The number of carbonyl (C=O) groups excluding carboxylic acids is 1. The lowest BCUT2D eigenvalue weighted by atomic mass is 10.2. The molecule has 1 aromatic heterocycles. The average molecular weight is 551 g/mol. The third-order valence-corrected chi connectivity index (χ3v) is 5.15. The van der Waals surface area contributed by atoms with E-state index in [1.54, 1.807) is 31.5 Å². The molecule has 1 aromatic carbocycles. The third-order valence-electron chi connectivity index (χ3n) is 3.96. The third kappa shape index (κ3) is 9.22. The van der Waals surface area contributed by atoms with Crippen LogP contribution < -0.4 is 15.4 Å². The van der Waals surface area contributed by atoms with Crippen LogP contribution in [0.15, 0.2) is 46.8 Å². The second-order valence-electron chi connectivity index (χ2n) is 6.35. The molecule has 9 heteroatoms. The number of benzene rings is 1. The normalized spacial score (nSPS) is 11.9. The fourth-order valence-corrected chi connectivity index (χ4v) is 3.07. The van der Waals surface area contributed by atoms with Crippen LogP contribution in [0.2, 0.25) is 5.02 Å². The summed E-state index contributed by atoms with van der Waals surface area (Å²) in [4.78, 5) is 19.0. The molecule has 160 valence electrons. The Bertz CT molecular complexity index is 772. The summed E-state index contributed by atoms with van der Waals surface area (Å²) in [5.74, 6) is 1.17. The topological polar surface area (TPSA) is 66.0 Å². The van der Waals surface area contributed by atoms with E-state index in [2.05, 4.69) is 28.6 Å². The van der Waals surface area contributed by atoms with Gasteiger partial charge in [0, 0.05) is 19.0 Å². The highest BCUT2D eigenvalue weighted by Gasteiger charge is 2.12. The van der Waals surface area contributed by atoms with E-state index in [1.807, 2.05) is 29.6 Å². The van der Waals surface area contributed by atoms with Gasteiger partial charge in [0.1, 0.15) is 18.4 Å². The van der Waals surface area contributed by atoms with Gasteiger partial charge in [-0.25, -0.2) is 4.99 Å². The van der Waals surface area contributed by atoms with Gasteiger partial charge in [-0.05, 0) is 30.0 Å². The quantitative estimate of drug-likeness (QED) is 0.281. The largest absolute Gasteiger partial charge is 0.487 e. The Balaban J connectivity index is 0.00000420. The lowest BCUT2D eigenvalue weighted by Crippen LogP contribution is -2.42. The minimum absolute atomic E-state index is 0. The van der Waals surface area contributed by atoms with Crippen molar-refractivity contribution >= 4 is 58.8 Å². The maximum Gasteiger partial charge on any atom is 0.243 e. The monoisotopic (exact) mass is 550 g/mol. The van der Waals surface area contributed by atoms with Gasteiger partial charge in [-0.15, -0.1) is 35.3 Å². The van der Waals surface area contributed by atoms with E-state index in [9.17, 15) is 4.79 Å². The fraction of sp³-hybridized carbons (Fsp3) is 0.400. The van der Waals surface area contributed by atoms with Gasteiger partial charge in [0.15, 0.2) is 5.96 Å². The molecular formula is C20H28ClIN4O2S. The molecule has 0 radical (unpaired) electrons. The van der Waals surface area contributed by atoms with E-state index in [0.29, 0.717) is 29.8 Å². The Morgan fingerprint density at radius 2 is 2.00 bits per heavy atom. The van der Waals surface area contributed by atoms with Crippen LogP contribution >= 0.6 is 46.9 Å². The highest BCUT2D eigenvalue weighted by atomic mass is 127. The van der Waals surface area contributed by atoms with Crippen LogP contribution in [0.4, 0.5) is 0 Å². The van der Waals surface area contributed by atoms with Crippen molar-refractivity contribution in [2.24, 2.45) is 4.99 Å². The van der Waals surface area contributed by atoms with Gasteiger partial charge in [-0.3, -0.25) is 4.79 Å². The molecule has 2 N–H and O–H groups in total. The van der Waals surface area contributed by atoms with Crippen LogP contribution in [-0.4, -0.2) is 50.1 Å². The van der Waals surface area contributed by atoms with E-state index in [4.69, 9.17) is 16.3 Å². The molecule has 1 atom stereocenters. The Kier molecular flexibility index (Phi) is 12.0. The molecule has 0 fully saturated rings. The van der Waals surface area contributed by atoms with Crippen LogP contribution in [0.5, 0.6) is 5.75 Å². The minimum Gasteiger partial charge on any atom is -0.487 e. The van der Waals surface area contributed by atoms with Gasteiger partial charge >= 0.3 is 0 Å². The number of rotatable bonds is 9. The predicted molar refractivity (Wildman–Crippen MR) is 132 cm³/mol. The summed E-state index contributed by atoms with van der Waals surface area (Å²) in [6.07, 6.45) is 0.714. The number of ether oxygens (including phenoxy) is 1. The molecule has 0 saturated heterocycles. The molecule has 2 rings (SSSR count). The number of nitrogens with zero attached hydrogens (tertiary/aromatic N) is 2. The van der Waals surface area contributed by atoms with Gasteiger partial charge in [0.05, 0.1) is 18.1 Å². The van der Waals surface area contributed by atoms with Crippen LogP contribution in [0.3, 0.4) is 0 Å². The Labute approximate surface area is 198 Å². The van der Waals surface area contributed by atoms with Crippen molar-refractivity contribution in [2.75, 3.05) is 27.2 Å². The number of hydrogen-bond donors (Lipinski definition) is 2. The van der Waals surface area contributed by atoms with Crippen molar-refractivity contribution in [1.82, 2.24) is 15.5 Å². The summed E-state index contributed by atoms with van der Waals surface area (Å²) in [5, 5.41) is 9.15. The Hall–Kier alpha value is -1.52. The lowest BCUT2D eigenvalue weighted by Gasteiger charge is -2.20. The van der Waals surface area contributed by atoms with E-state index in [0.717, 1.165) is 6.42 Å². The zero-order valence-corrected chi connectivity index (χ0v) is 20.8. The number of amides is 1. The molecule has 0 spiro atoms. The number of guanidine groups is 1. The van der Waals surface area contributed by atoms with Crippen molar-refractivity contribution in [3.05, 3.63) is 51.7 Å². The lowest BCUT2D eigenvalue weighted by molar-refractivity contribution is -0.127. The van der Waals surface area contributed by atoms with Gasteiger partial charge in [-0.2, -0.15) is 0 Å². The van der Waals surface area contributed by atoms with Crippen molar-refractivity contribution in [2.45, 2.75) is 26.0 Å². The SMILES string of the molecule is CCC(CNC(=NCC(=O)N(C)C)NCc1cccs1)Oc1ccccc1Cl.I. The Morgan fingerprint density at radius 1 is 1.24 bits per heavy atom. The highest BCUT2D eigenvalue weighted by molar-refractivity contribution is 14.0. The van der Waals surface area contributed by atoms with E-state index in [1.165, 1.54) is 9.78 Å². The van der Waals surface area contributed by atoms with Gasteiger partial charge in [0.2, 0.25) is 5.91 Å². The summed E-state index contributed by atoms with van der Waals surface area (Å²) in [6, 6.07) is 11.5. The average Bonchev–Trinajstić information content (AvgIpc) is 3.20. The first kappa shape index (κ1) is 25.5. The van der Waals surface area contributed by atoms with E-state index >= 15 is 0 Å². The maximum atomic E-state index is 11.9. The number of thiophene rings is 1. The van der Waals surface area contributed by atoms with Gasteiger partial charge in [0.25, 0.3) is 0 Å². The minimum atomic E-state index is -0.0850. The molecule has 2 aromatic rings. The van der Waals surface area contributed by atoms with Gasteiger partial charge in [-0.1, -0.05) is 36.7 Å². The summed E-state index contributed by atoms with van der Waals surface area (Å²) >= 11 is 7.85. The number of likely N-dealkylation sites (N-methyl/N-ethyl adjacent to an activating group) is 1. The highest BCUT2D eigenvalue weighted by Crippen LogP contribution is 2.24. The smallest absolute Gasteiger partial charge is 0.243 e. The number of carbonyl (C=O) groups is 1.